The summed E-state index contributed by atoms with van der Waals surface area (Å²) in [5.41, 5.74) is 3.24. The molecule has 0 spiro atoms. The third kappa shape index (κ3) is 2.81. The topological polar surface area (TPSA) is 53.0 Å². The van der Waals surface area contributed by atoms with Gasteiger partial charge in [-0.3, -0.25) is 4.79 Å². The van der Waals surface area contributed by atoms with E-state index < -0.39 is 5.60 Å². The fourth-order valence-corrected chi connectivity index (χ4v) is 4.67. The molecule has 28 heavy (non-hydrogen) atoms. The van der Waals surface area contributed by atoms with Crippen molar-refractivity contribution in [2.75, 3.05) is 31.2 Å². The standard InChI is InChI=1S/C23H26N2O3/c1-2-16-3-9-19(10-4-16)25-20-11-21(25)13-24(12-20)22(26)17-5-7-18(8-6-17)23(27)14-28-15-23/h3-10,20-21,27H,2,11-15H2,1H3. The first kappa shape index (κ1) is 17.7. The number of aliphatic hydroxyl groups is 1. The highest BCUT2D eigenvalue weighted by molar-refractivity contribution is 5.94. The van der Waals surface area contributed by atoms with E-state index in [1.165, 1.54) is 11.3 Å². The van der Waals surface area contributed by atoms with Gasteiger partial charge in [-0.05, 0) is 48.2 Å². The van der Waals surface area contributed by atoms with Crippen molar-refractivity contribution in [1.82, 2.24) is 4.90 Å². The Bertz CT molecular complexity index is 862. The fourth-order valence-electron chi connectivity index (χ4n) is 4.67. The molecule has 6 rings (SSSR count). The number of carbonyl (C=O) groups is 1. The number of benzene rings is 2. The molecule has 0 radical (unpaired) electrons. The van der Waals surface area contributed by atoms with Crippen molar-refractivity contribution in [2.45, 2.75) is 37.5 Å². The monoisotopic (exact) mass is 378 g/mol. The normalized spacial score (nSPS) is 25.1. The SMILES string of the molecule is CCc1ccc(N2C3CC2CN(C(=O)c2ccc(C4(O)COC4)cc2)C3)cc1. The molecule has 4 fully saturated rings. The minimum atomic E-state index is -0.887. The van der Waals surface area contributed by atoms with Gasteiger partial charge in [-0.1, -0.05) is 31.2 Å². The summed E-state index contributed by atoms with van der Waals surface area (Å²) in [6, 6.07) is 17.0. The summed E-state index contributed by atoms with van der Waals surface area (Å²) in [5.74, 6) is 0.0825. The molecule has 0 aliphatic carbocycles. The van der Waals surface area contributed by atoms with Gasteiger partial charge in [0.2, 0.25) is 0 Å². The van der Waals surface area contributed by atoms with E-state index in [-0.39, 0.29) is 5.91 Å². The van der Waals surface area contributed by atoms with E-state index in [0.717, 1.165) is 31.5 Å². The molecular formula is C23H26N2O3. The maximum Gasteiger partial charge on any atom is 0.253 e. The Balaban J connectivity index is 1.26. The Hall–Kier alpha value is -2.37. The van der Waals surface area contributed by atoms with Gasteiger partial charge in [-0.2, -0.15) is 0 Å². The van der Waals surface area contributed by atoms with Crippen molar-refractivity contribution < 1.29 is 14.6 Å². The summed E-state index contributed by atoms with van der Waals surface area (Å²) in [5, 5.41) is 10.3. The number of fused-ring (bicyclic) bond motifs is 2. The zero-order valence-electron chi connectivity index (χ0n) is 16.2. The fraction of sp³-hybridized carbons (Fsp3) is 0.435. The molecule has 4 aliphatic rings. The highest BCUT2D eigenvalue weighted by atomic mass is 16.5. The zero-order valence-corrected chi connectivity index (χ0v) is 16.2. The highest BCUT2D eigenvalue weighted by Crippen LogP contribution is 2.37. The van der Waals surface area contributed by atoms with Crippen molar-refractivity contribution in [1.29, 1.82) is 0 Å². The third-order valence-corrected chi connectivity index (χ3v) is 6.47. The second-order valence-electron chi connectivity index (χ2n) is 8.28. The number of piperidine rings is 1. The van der Waals surface area contributed by atoms with Crippen LogP contribution in [0.1, 0.15) is 34.8 Å². The predicted octanol–water partition coefficient (Wildman–Crippen LogP) is 2.57. The summed E-state index contributed by atoms with van der Waals surface area (Å²) in [6.07, 6.45) is 2.21. The molecule has 5 heteroatoms. The van der Waals surface area contributed by atoms with Gasteiger partial charge in [0.1, 0.15) is 5.60 Å². The molecule has 2 aromatic carbocycles. The molecule has 4 heterocycles. The van der Waals surface area contributed by atoms with Gasteiger partial charge in [-0.15, -0.1) is 0 Å². The number of piperazine rings is 1. The van der Waals surface area contributed by atoms with Gasteiger partial charge in [0, 0.05) is 36.4 Å². The van der Waals surface area contributed by atoms with Crippen LogP contribution in [0.2, 0.25) is 0 Å². The number of rotatable bonds is 4. The van der Waals surface area contributed by atoms with Crippen molar-refractivity contribution in [3.05, 3.63) is 65.2 Å². The second kappa shape index (κ2) is 6.61. The summed E-state index contributed by atoms with van der Waals surface area (Å²) in [4.78, 5) is 17.4. The lowest BCUT2D eigenvalue weighted by Crippen LogP contribution is -2.69. The summed E-state index contributed by atoms with van der Waals surface area (Å²) in [6.45, 7) is 4.36. The van der Waals surface area contributed by atoms with Gasteiger partial charge in [0.25, 0.3) is 5.91 Å². The summed E-state index contributed by atoms with van der Waals surface area (Å²) in [7, 11) is 0. The smallest absolute Gasteiger partial charge is 0.253 e. The Morgan fingerprint density at radius 3 is 2.25 bits per heavy atom. The quantitative estimate of drug-likeness (QED) is 0.889. The van der Waals surface area contributed by atoms with Crippen LogP contribution in [0.3, 0.4) is 0 Å². The molecule has 4 saturated heterocycles. The van der Waals surface area contributed by atoms with Gasteiger partial charge in [0.15, 0.2) is 0 Å². The average molecular weight is 378 g/mol. The highest BCUT2D eigenvalue weighted by Gasteiger charge is 2.46. The van der Waals surface area contributed by atoms with Crippen LogP contribution in [-0.2, 0) is 16.8 Å². The van der Waals surface area contributed by atoms with E-state index in [2.05, 4.69) is 36.1 Å². The van der Waals surface area contributed by atoms with Crippen molar-refractivity contribution in [2.24, 2.45) is 0 Å². The molecule has 2 unspecified atom stereocenters. The number of ether oxygens (including phenoxy) is 1. The Kier molecular flexibility index (Phi) is 4.18. The molecule has 4 aliphatic heterocycles. The van der Waals surface area contributed by atoms with Gasteiger partial charge in [0.05, 0.1) is 13.2 Å². The van der Waals surface area contributed by atoms with Crippen LogP contribution in [0.4, 0.5) is 5.69 Å². The van der Waals surface area contributed by atoms with Crippen LogP contribution < -0.4 is 4.90 Å². The van der Waals surface area contributed by atoms with Crippen LogP contribution in [0.25, 0.3) is 0 Å². The number of amides is 1. The molecule has 146 valence electrons. The first-order chi connectivity index (χ1) is 13.6. The van der Waals surface area contributed by atoms with Crippen molar-refractivity contribution >= 4 is 11.6 Å². The van der Waals surface area contributed by atoms with Crippen LogP contribution >= 0.6 is 0 Å². The van der Waals surface area contributed by atoms with E-state index in [9.17, 15) is 9.90 Å². The Labute approximate surface area is 165 Å². The van der Waals surface area contributed by atoms with E-state index in [4.69, 9.17) is 4.74 Å². The van der Waals surface area contributed by atoms with Gasteiger partial charge >= 0.3 is 0 Å². The minimum Gasteiger partial charge on any atom is -0.380 e. The maximum atomic E-state index is 13.0. The number of anilines is 1. The number of nitrogens with zero attached hydrogens (tertiary/aromatic N) is 2. The average Bonchev–Trinajstić information content (AvgIpc) is 2.72. The predicted molar refractivity (Wildman–Crippen MR) is 108 cm³/mol. The zero-order chi connectivity index (χ0) is 19.3. The van der Waals surface area contributed by atoms with Gasteiger partial charge < -0.3 is 19.6 Å². The second-order valence-corrected chi connectivity index (χ2v) is 8.28. The van der Waals surface area contributed by atoms with E-state index in [1.54, 1.807) is 0 Å². The first-order valence-corrected chi connectivity index (χ1v) is 10.1. The first-order valence-electron chi connectivity index (χ1n) is 10.1. The van der Waals surface area contributed by atoms with Gasteiger partial charge in [-0.25, -0.2) is 0 Å². The molecule has 0 aromatic heterocycles. The van der Waals surface area contributed by atoms with E-state index in [0.29, 0.717) is 30.9 Å². The van der Waals surface area contributed by atoms with Crippen LogP contribution in [-0.4, -0.2) is 54.3 Å². The van der Waals surface area contributed by atoms with E-state index in [1.807, 2.05) is 29.2 Å². The minimum absolute atomic E-state index is 0.0825. The Morgan fingerprint density at radius 1 is 1.07 bits per heavy atom. The molecule has 1 amide bonds. The molecule has 1 N–H and O–H groups in total. The largest absolute Gasteiger partial charge is 0.380 e. The van der Waals surface area contributed by atoms with Crippen molar-refractivity contribution in [3.63, 3.8) is 0 Å². The Morgan fingerprint density at radius 2 is 1.71 bits per heavy atom. The molecular weight excluding hydrogens is 352 g/mol. The maximum absolute atomic E-state index is 13.0. The molecule has 5 nitrogen and oxygen atoms in total. The van der Waals surface area contributed by atoms with Crippen LogP contribution in [0.5, 0.6) is 0 Å². The number of hydrogen-bond acceptors (Lipinski definition) is 4. The van der Waals surface area contributed by atoms with E-state index >= 15 is 0 Å². The van der Waals surface area contributed by atoms with Crippen LogP contribution in [0.15, 0.2) is 48.5 Å². The lowest BCUT2D eigenvalue weighted by Gasteiger charge is -2.57. The lowest BCUT2D eigenvalue weighted by molar-refractivity contribution is -0.184. The lowest BCUT2D eigenvalue weighted by atomic mass is 9.86. The molecule has 0 saturated carbocycles. The van der Waals surface area contributed by atoms with Crippen molar-refractivity contribution in [3.8, 4) is 0 Å². The van der Waals surface area contributed by atoms with Crippen LogP contribution in [0, 0.1) is 0 Å². The number of hydrogen-bond donors (Lipinski definition) is 1. The summed E-state index contributed by atoms with van der Waals surface area (Å²) < 4.78 is 5.11. The third-order valence-electron chi connectivity index (χ3n) is 6.47. The number of carbonyl (C=O) groups excluding carboxylic acids is 1. The number of aryl methyl sites for hydroxylation is 1. The molecule has 2 aromatic rings. The molecule has 2 atom stereocenters. The molecule has 2 bridgehead atoms. The summed E-state index contributed by atoms with van der Waals surface area (Å²) >= 11 is 0.